The number of hydrogen-bond acceptors (Lipinski definition) is 11. The second kappa shape index (κ2) is 47.1. The lowest BCUT2D eigenvalue weighted by Gasteiger charge is -2.41. The molecule has 0 aromatic heterocycles. The Morgan fingerprint density at radius 1 is 0.551 bits per heavy atom. The zero-order valence-corrected chi connectivity index (χ0v) is 44.4. The maximum atomic E-state index is 12.9. The second-order valence-electron chi connectivity index (χ2n) is 19.2. The lowest BCUT2D eigenvalue weighted by atomic mass is 9.99. The van der Waals surface area contributed by atoms with Gasteiger partial charge in [-0.05, 0) is 77.0 Å². The molecular formula is C56H102O12S. The molecule has 0 amide bonds. The molecule has 69 heavy (non-hydrogen) atoms. The maximum absolute atomic E-state index is 12.9. The number of hydrogen-bond donors (Lipinski definition) is 4. The van der Waals surface area contributed by atoms with Gasteiger partial charge in [0, 0.05) is 13.0 Å². The normalized spacial score (nSPS) is 19.5. The minimum absolute atomic E-state index is 0.0320. The van der Waals surface area contributed by atoms with Gasteiger partial charge in [0.2, 0.25) is 0 Å². The maximum Gasteiger partial charge on any atom is 0.397 e. The first kappa shape index (κ1) is 65.1. The van der Waals surface area contributed by atoms with E-state index in [9.17, 15) is 33.1 Å². The molecule has 1 aliphatic heterocycles. The first-order valence-electron chi connectivity index (χ1n) is 27.9. The van der Waals surface area contributed by atoms with E-state index in [1.165, 1.54) is 154 Å². The van der Waals surface area contributed by atoms with Crippen molar-refractivity contribution in [2.24, 2.45) is 0 Å². The first-order valence-corrected chi connectivity index (χ1v) is 29.3. The van der Waals surface area contributed by atoms with Crippen LogP contribution in [0.2, 0.25) is 0 Å². The van der Waals surface area contributed by atoms with Crippen LogP contribution in [0.1, 0.15) is 239 Å². The van der Waals surface area contributed by atoms with Gasteiger partial charge in [-0.15, -0.1) is 0 Å². The van der Waals surface area contributed by atoms with Crippen LogP contribution >= 0.6 is 0 Å². The number of carbonyl (C=O) groups is 1. The summed E-state index contributed by atoms with van der Waals surface area (Å²) >= 11 is 0. The number of ether oxygens (including phenoxy) is 4. The third-order valence-corrected chi connectivity index (χ3v) is 13.1. The molecule has 0 aliphatic carbocycles. The summed E-state index contributed by atoms with van der Waals surface area (Å²) in [6.45, 7) is 3.98. The van der Waals surface area contributed by atoms with E-state index in [2.05, 4.69) is 66.6 Å². The highest BCUT2D eigenvalue weighted by molar-refractivity contribution is 7.80. The SMILES string of the molecule is CCCCCC/C=C\C/C=C\CCCCCCCCCC(=O)OC(COCCCCCCCCCCCCCC/C=C\C/C=C\CCCCCCC)COC1OC(CO)C(O)C(OS(=O)(=O)O)C1O. The molecule has 1 aliphatic rings. The molecule has 1 heterocycles. The van der Waals surface area contributed by atoms with Crippen molar-refractivity contribution in [1.82, 2.24) is 0 Å². The zero-order valence-electron chi connectivity index (χ0n) is 43.6. The largest absolute Gasteiger partial charge is 0.457 e. The van der Waals surface area contributed by atoms with Gasteiger partial charge in [0.05, 0.1) is 19.8 Å². The van der Waals surface area contributed by atoms with Crippen molar-refractivity contribution in [2.75, 3.05) is 26.4 Å². The Morgan fingerprint density at radius 3 is 1.39 bits per heavy atom. The Bertz CT molecular complexity index is 1380. The third-order valence-electron chi connectivity index (χ3n) is 12.7. The van der Waals surface area contributed by atoms with Crippen LogP contribution in [0.15, 0.2) is 48.6 Å². The molecule has 12 nitrogen and oxygen atoms in total. The van der Waals surface area contributed by atoms with Crippen molar-refractivity contribution in [3.8, 4) is 0 Å². The lowest BCUT2D eigenvalue weighted by molar-refractivity contribution is -0.301. The molecule has 0 aromatic carbocycles. The molecule has 13 heteroatoms. The van der Waals surface area contributed by atoms with Crippen LogP contribution in [0.5, 0.6) is 0 Å². The monoisotopic (exact) mass is 999 g/mol. The Hall–Kier alpha value is -1.94. The standard InChI is InChI=1S/C56H102O12S/c1-3-5-7-9-11-13-15-17-19-21-23-24-25-26-27-28-30-32-34-36-38-40-42-44-46-64-48-50(49-65-56-54(60)55(68-69(61,62)63)53(59)51(47-57)67-56)66-52(58)45-43-41-39-37-35-33-31-29-22-20-18-16-14-12-10-8-6-4-2/h14-17,20-23,50-51,53-57,59-60H,3-13,18-19,24-49H2,1-2H3,(H,61,62,63)/b16-14-,17-15-,22-20-,23-21-. The fraction of sp³-hybridized carbons (Fsp3) is 0.839. The molecule has 0 radical (unpaired) electrons. The molecule has 1 saturated heterocycles. The fourth-order valence-electron chi connectivity index (χ4n) is 8.44. The fourth-order valence-corrected chi connectivity index (χ4v) is 8.95. The zero-order chi connectivity index (χ0) is 50.3. The molecule has 6 unspecified atom stereocenters. The topological polar surface area (TPSA) is 178 Å². The number of allylic oxidation sites excluding steroid dienone is 8. The number of unbranched alkanes of at least 4 members (excludes halogenated alkanes) is 28. The Kier molecular flexibility index (Phi) is 44.4. The van der Waals surface area contributed by atoms with Crippen LogP contribution in [-0.2, 0) is 38.3 Å². The molecule has 0 bridgehead atoms. The summed E-state index contributed by atoms with van der Waals surface area (Å²) in [5.74, 6) is -0.406. The van der Waals surface area contributed by atoms with E-state index in [0.717, 1.165) is 57.8 Å². The number of rotatable bonds is 49. The summed E-state index contributed by atoms with van der Waals surface area (Å²) in [6.07, 6.45) is 50.0. The van der Waals surface area contributed by atoms with Gasteiger partial charge in [0.1, 0.15) is 30.5 Å². The Morgan fingerprint density at radius 2 is 0.957 bits per heavy atom. The van der Waals surface area contributed by atoms with Gasteiger partial charge in [0.25, 0.3) is 0 Å². The molecule has 1 rings (SSSR count). The van der Waals surface area contributed by atoms with Crippen molar-refractivity contribution < 1.29 is 56.2 Å². The van der Waals surface area contributed by atoms with Crippen LogP contribution in [0, 0.1) is 0 Å². The summed E-state index contributed by atoms with van der Waals surface area (Å²) < 4.78 is 59.4. The molecule has 0 saturated carbocycles. The van der Waals surface area contributed by atoms with Gasteiger partial charge in [0.15, 0.2) is 6.29 Å². The molecule has 1 fully saturated rings. The predicted molar refractivity (Wildman–Crippen MR) is 280 cm³/mol. The summed E-state index contributed by atoms with van der Waals surface area (Å²) in [5.41, 5.74) is 0. The predicted octanol–water partition coefficient (Wildman–Crippen LogP) is 13.5. The van der Waals surface area contributed by atoms with E-state index in [1.54, 1.807) is 0 Å². The second-order valence-corrected chi connectivity index (χ2v) is 20.2. The van der Waals surface area contributed by atoms with Crippen LogP contribution in [0.3, 0.4) is 0 Å². The van der Waals surface area contributed by atoms with Gasteiger partial charge in [-0.3, -0.25) is 9.35 Å². The highest BCUT2D eigenvalue weighted by Gasteiger charge is 2.48. The Labute approximate surface area is 421 Å². The van der Waals surface area contributed by atoms with Gasteiger partial charge in [-0.1, -0.05) is 204 Å². The average molecular weight is 999 g/mol. The summed E-state index contributed by atoms with van der Waals surface area (Å²) in [7, 11) is -5.07. The van der Waals surface area contributed by atoms with Crippen molar-refractivity contribution in [3.05, 3.63) is 48.6 Å². The third kappa shape index (κ3) is 40.3. The van der Waals surface area contributed by atoms with Crippen molar-refractivity contribution in [1.29, 1.82) is 0 Å². The van der Waals surface area contributed by atoms with Crippen molar-refractivity contribution in [2.45, 2.75) is 275 Å². The molecule has 6 atom stereocenters. The first-order chi connectivity index (χ1) is 33.6. The number of aliphatic hydroxyl groups is 3. The van der Waals surface area contributed by atoms with Gasteiger partial charge in [-0.25, -0.2) is 4.18 Å². The van der Waals surface area contributed by atoms with E-state index in [-0.39, 0.29) is 19.6 Å². The van der Waals surface area contributed by atoms with Gasteiger partial charge >= 0.3 is 16.4 Å². The van der Waals surface area contributed by atoms with Crippen LogP contribution < -0.4 is 0 Å². The minimum Gasteiger partial charge on any atom is -0.457 e. The van der Waals surface area contributed by atoms with Crippen LogP contribution in [0.4, 0.5) is 0 Å². The highest BCUT2D eigenvalue weighted by Crippen LogP contribution is 2.26. The highest BCUT2D eigenvalue weighted by atomic mass is 32.3. The lowest BCUT2D eigenvalue weighted by Crippen LogP contribution is -2.60. The van der Waals surface area contributed by atoms with E-state index < -0.39 is 59.8 Å². The van der Waals surface area contributed by atoms with Gasteiger partial charge < -0.3 is 34.3 Å². The number of esters is 1. The smallest absolute Gasteiger partial charge is 0.397 e. The van der Waals surface area contributed by atoms with Crippen LogP contribution in [0.25, 0.3) is 0 Å². The van der Waals surface area contributed by atoms with Crippen molar-refractivity contribution in [3.63, 3.8) is 0 Å². The average Bonchev–Trinajstić information content (AvgIpc) is 3.32. The van der Waals surface area contributed by atoms with Crippen molar-refractivity contribution >= 4 is 16.4 Å². The Balaban J connectivity index is 2.31. The molecule has 4 N–H and O–H groups in total. The quantitative estimate of drug-likeness (QED) is 0.0196. The minimum atomic E-state index is -5.07. The summed E-state index contributed by atoms with van der Waals surface area (Å²) in [5, 5.41) is 30.8. The number of carbonyl (C=O) groups excluding carboxylic acids is 1. The van der Waals surface area contributed by atoms with Gasteiger partial charge in [-0.2, -0.15) is 8.42 Å². The molecule has 404 valence electrons. The van der Waals surface area contributed by atoms with E-state index >= 15 is 0 Å². The van der Waals surface area contributed by atoms with E-state index in [0.29, 0.717) is 13.0 Å². The molecular weight excluding hydrogens is 897 g/mol. The van der Waals surface area contributed by atoms with E-state index in [1.807, 2.05) is 0 Å². The number of aliphatic hydroxyl groups excluding tert-OH is 3. The van der Waals surface area contributed by atoms with Crippen LogP contribution in [-0.4, -0.2) is 97.5 Å². The summed E-state index contributed by atoms with van der Waals surface area (Å²) in [6, 6.07) is 0. The summed E-state index contributed by atoms with van der Waals surface area (Å²) in [4.78, 5) is 12.9. The van der Waals surface area contributed by atoms with E-state index in [4.69, 9.17) is 18.9 Å². The molecule has 0 aromatic rings. The molecule has 0 spiro atoms.